The number of nitrogens with zero attached hydrogens (tertiary/aromatic N) is 1. The van der Waals surface area contributed by atoms with Crippen molar-refractivity contribution in [3.8, 4) is 0 Å². The molecule has 0 aromatic carbocycles. The zero-order valence-electron chi connectivity index (χ0n) is 8.26. The first-order valence-electron chi connectivity index (χ1n) is 4.54. The second-order valence-electron chi connectivity index (χ2n) is 3.52. The number of hydrogen-bond donors (Lipinski definition) is 2. The number of fused-ring (bicyclic) bond motifs is 1. The van der Waals surface area contributed by atoms with Gasteiger partial charge < -0.3 is 9.72 Å². The first kappa shape index (κ1) is 9.21. The molecule has 0 aliphatic carbocycles. The Kier molecular flexibility index (Phi) is 2.03. The van der Waals surface area contributed by atoms with Crippen LogP contribution in [0.3, 0.4) is 0 Å². The van der Waals surface area contributed by atoms with Gasteiger partial charge in [0.15, 0.2) is 5.54 Å². The number of carbonyl (C=O) groups excluding carboxylic acids is 1. The molecule has 0 saturated carbocycles. The van der Waals surface area contributed by atoms with E-state index in [1.807, 2.05) is 0 Å². The van der Waals surface area contributed by atoms with E-state index in [0.29, 0.717) is 0 Å². The molecule has 0 saturated heterocycles. The van der Waals surface area contributed by atoms with Gasteiger partial charge >= 0.3 is 5.97 Å². The van der Waals surface area contributed by atoms with Crippen LogP contribution in [0.5, 0.6) is 0 Å². The fourth-order valence-corrected chi connectivity index (χ4v) is 1.84. The van der Waals surface area contributed by atoms with Crippen LogP contribution in [0.2, 0.25) is 0 Å². The van der Waals surface area contributed by atoms with Gasteiger partial charge in [-0.2, -0.15) is 0 Å². The van der Waals surface area contributed by atoms with Crippen LogP contribution in [0, 0.1) is 0 Å². The van der Waals surface area contributed by atoms with Crippen molar-refractivity contribution in [3.63, 3.8) is 0 Å². The molecular weight excluding hydrogens is 182 g/mol. The average Bonchev–Trinajstić information content (AvgIpc) is 2.66. The van der Waals surface area contributed by atoms with E-state index in [-0.39, 0.29) is 5.97 Å². The molecule has 14 heavy (non-hydrogen) atoms. The summed E-state index contributed by atoms with van der Waals surface area (Å²) < 4.78 is 4.76. The molecule has 1 aliphatic rings. The number of hydrogen-bond acceptors (Lipinski definition) is 4. The summed E-state index contributed by atoms with van der Waals surface area (Å²) in [5.74, 6) is -0.300. The maximum Gasteiger partial charge on any atom is 0.332 e. The molecule has 5 heteroatoms. The molecule has 76 valence electrons. The first-order valence-corrected chi connectivity index (χ1v) is 4.54. The van der Waals surface area contributed by atoms with E-state index in [0.717, 1.165) is 24.4 Å². The maximum atomic E-state index is 11.6. The van der Waals surface area contributed by atoms with Gasteiger partial charge in [0, 0.05) is 18.7 Å². The second-order valence-corrected chi connectivity index (χ2v) is 3.52. The lowest BCUT2D eigenvalue weighted by Crippen LogP contribution is -2.51. The van der Waals surface area contributed by atoms with Crippen LogP contribution in [0.4, 0.5) is 0 Å². The predicted molar refractivity (Wildman–Crippen MR) is 49.7 cm³/mol. The number of methoxy groups -OCH3 is 1. The Morgan fingerprint density at radius 1 is 1.71 bits per heavy atom. The molecule has 0 unspecified atom stereocenters. The number of aromatic amines is 1. The van der Waals surface area contributed by atoms with E-state index in [1.165, 1.54) is 7.11 Å². The number of imidazole rings is 1. The van der Waals surface area contributed by atoms with E-state index in [4.69, 9.17) is 4.74 Å². The first-order chi connectivity index (χ1) is 6.68. The molecule has 2 rings (SSSR count). The van der Waals surface area contributed by atoms with E-state index in [2.05, 4.69) is 15.3 Å². The third kappa shape index (κ3) is 1.13. The van der Waals surface area contributed by atoms with Gasteiger partial charge in [-0.05, 0) is 6.92 Å². The van der Waals surface area contributed by atoms with E-state index < -0.39 is 5.54 Å². The summed E-state index contributed by atoms with van der Waals surface area (Å²) in [5, 5.41) is 3.13. The minimum absolute atomic E-state index is 0.300. The smallest absolute Gasteiger partial charge is 0.332 e. The molecule has 1 aliphatic heterocycles. The van der Waals surface area contributed by atoms with Gasteiger partial charge in [0.25, 0.3) is 0 Å². The lowest BCUT2D eigenvalue weighted by molar-refractivity contribution is -0.148. The Hall–Kier alpha value is -1.36. The van der Waals surface area contributed by atoms with Crippen molar-refractivity contribution < 1.29 is 9.53 Å². The van der Waals surface area contributed by atoms with Crippen molar-refractivity contribution in [2.45, 2.75) is 18.9 Å². The molecule has 0 fully saturated rings. The summed E-state index contributed by atoms with van der Waals surface area (Å²) in [4.78, 5) is 18.8. The number of esters is 1. The van der Waals surface area contributed by atoms with Crippen LogP contribution in [-0.2, 0) is 21.5 Å². The molecule has 0 bridgehead atoms. The highest BCUT2D eigenvalue weighted by Gasteiger charge is 2.42. The Bertz CT molecular complexity index is 361. The minimum atomic E-state index is -0.803. The summed E-state index contributed by atoms with van der Waals surface area (Å²) in [5.41, 5.74) is 0.953. The number of nitrogens with one attached hydrogen (secondary N) is 2. The Balaban J connectivity index is 2.44. The number of H-pyrrole nitrogens is 1. The molecule has 1 aromatic rings. The summed E-state index contributed by atoms with van der Waals surface area (Å²) in [6.45, 7) is 2.54. The highest BCUT2D eigenvalue weighted by molar-refractivity contribution is 5.82. The van der Waals surface area contributed by atoms with Crippen molar-refractivity contribution >= 4 is 5.97 Å². The average molecular weight is 195 g/mol. The van der Waals surface area contributed by atoms with Gasteiger partial charge in [-0.25, -0.2) is 9.78 Å². The number of carbonyl (C=O) groups is 1. The molecule has 0 spiro atoms. The monoisotopic (exact) mass is 195 g/mol. The van der Waals surface area contributed by atoms with Gasteiger partial charge in [-0.15, -0.1) is 0 Å². The van der Waals surface area contributed by atoms with Crippen molar-refractivity contribution in [1.82, 2.24) is 15.3 Å². The van der Waals surface area contributed by atoms with Gasteiger partial charge in [0.1, 0.15) is 0 Å². The molecule has 2 heterocycles. The number of aromatic nitrogens is 2. The standard InChI is InChI=1S/C9H13N3O2/c1-9(8(13)14-2)7-6(3-4-12-9)10-5-11-7/h5,12H,3-4H2,1-2H3,(H,10,11)/t9-/m1/s1. The molecule has 5 nitrogen and oxygen atoms in total. The van der Waals surface area contributed by atoms with Gasteiger partial charge in [-0.1, -0.05) is 0 Å². The normalized spacial score (nSPS) is 25.6. The summed E-state index contributed by atoms with van der Waals surface area (Å²) in [6.07, 6.45) is 2.47. The van der Waals surface area contributed by atoms with Gasteiger partial charge in [0.05, 0.1) is 19.1 Å². The van der Waals surface area contributed by atoms with Crippen LogP contribution in [-0.4, -0.2) is 29.6 Å². The van der Waals surface area contributed by atoms with Crippen molar-refractivity contribution in [1.29, 1.82) is 0 Å². The van der Waals surface area contributed by atoms with E-state index in [1.54, 1.807) is 13.3 Å². The van der Waals surface area contributed by atoms with Gasteiger partial charge in [0.2, 0.25) is 0 Å². The molecule has 2 N–H and O–H groups in total. The highest BCUT2D eigenvalue weighted by Crippen LogP contribution is 2.26. The van der Waals surface area contributed by atoms with E-state index >= 15 is 0 Å². The summed E-state index contributed by atoms with van der Waals surface area (Å²) in [6, 6.07) is 0. The fraction of sp³-hybridized carbons (Fsp3) is 0.556. The molecule has 1 atom stereocenters. The minimum Gasteiger partial charge on any atom is -0.467 e. The highest BCUT2D eigenvalue weighted by atomic mass is 16.5. The van der Waals surface area contributed by atoms with Crippen molar-refractivity contribution in [2.24, 2.45) is 0 Å². The van der Waals surface area contributed by atoms with Gasteiger partial charge in [-0.3, -0.25) is 5.32 Å². The lowest BCUT2D eigenvalue weighted by Gasteiger charge is -2.30. The fourth-order valence-electron chi connectivity index (χ4n) is 1.84. The topological polar surface area (TPSA) is 67.0 Å². The van der Waals surface area contributed by atoms with Crippen LogP contribution in [0.15, 0.2) is 6.33 Å². The van der Waals surface area contributed by atoms with Crippen molar-refractivity contribution in [3.05, 3.63) is 17.7 Å². The third-order valence-electron chi connectivity index (χ3n) is 2.64. The summed E-state index contributed by atoms with van der Waals surface area (Å²) >= 11 is 0. The van der Waals surface area contributed by atoms with Crippen LogP contribution in [0.25, 0.3) is 0 Å². The molecular formula is C9H13N3O2. The predicted octanol–water partition coefficient (Wildman–Crippen LogP) is -0.0564. The van der Waals surface area contributed by atoms with Crippen LogP contribution < -0.4 is 5.32 Å². The summed E-state index contributed by atoms with van der Waals surface area (Å²) in [7, 11) is 1.39. The Morgan fingerprint density at radius 3 is 3.21 bits per heavy atom. The molecule has 1 aromatic heterocycles. The molecule has 0 radical (unpaired) electrons. The zero-order valence-corrected chi connectivity index (χ0v) is 8.26. The van der Waals surface area contributed by atoms with Crippen molar-refractivity contribution in [2.75, 3.05) is 13.7 Å². The Morgan fingerprint density at radius 2 is 2.50 bits per heavy atom. The van der Waals surface area contributed by atoms with Crippen LogP contribution in [0.1, 0.15) is 18.3 Å². The third-order valence-corrected chi connectivity index (χ3v) is 2.64. The van der Waals surface area contributed by atoms with E-state index in [9.17, 15) is 4.79 Å². The Labute approximate surface area is 81.9 Å². The van der Waals surface area contributed by atoms with Crippen LogP contribution >= 0.6 is 0 Å². The zero-order chi connectivity index (χ0) is 10.2. The lowest BCUT2D eigenvalue weighted by atomic mass is 9.92. The maximum absolute atomic E-state index is 11.6. The molecule has 0 amide bonds. The number of rotatable bonds is 1. The number of ether oxygens (including phenoxy) is 1. The quantitative estimate of drug-likeness (QED) is 0.616. The SMILES string of the molecule is COC(=O)[C@]1(C)NCCc2[nH]cnc21. The second kappa shape index (κ2) is 3.09. The largest absolute Gasteiger partial charge is 0.467 e.